The first-order valence-electron chi connectivity index (χ1n) is 7.39. The minimum atomic E-state index is -4.03. The van der Waals surface area contributed by atoms with Crippen LogP contribution in [-0.2, 0) is 0 Å². The monoisotopic (exact) mass is 278 g/mol. The average Bonchev–Trinajstić information content (AvgIpc) is 2.38. The van der Waals surface area contributed by atoms with E-state index in [1.54, 1.807) is 0 Å². The second kappa shape index (κ2) is 5.60. The van der Waals surface area contributed by atoms with Gasteiger partial charge < -0.3 is 5.73 Å². The van der Waals surface area contributed by atoms with Gasteiger partial charge in [0.15, 0.2) is 0 Å². The first-order valence-corrected chi connectivity index (χ1v) is 7.39. The van der Waals surface area contributed by atoms with Crippen LogP contribution in [-0.4, -0.2) is 36.2 Å². The van der Waals surface area contributed by atoms with Gasteiger partial charge in [0.1, 0.15) is 0 Å². The molecule has 2 aliphatic rings. The van der Waals surface area contributed by atoms with Crippen molar-refractivity contribution in [3.63, 3.8) is 0 Å². The molecule has 0 amide bonds. The first kappa shape index (κ1) is 15.1. The quantitative estimate of drug-likeness (QED) is 0.840. The predicted molar refractivity (Wildman–Crippen MR) is 69.8 cm³/mol. The smallest absolute Gasteiger partial charge is 0.329 e. The summed E-state index contributed by atoms with van der Waals surface area (Å²) in [5.74, 6) is -0.381. The van der Waals surface area contributed by atoms with Gasteiger partial charge in [0.25, 0.3) is 0 Å². The van der Waals surface area contributed by atoms with Crippen molar-refractivity contribution in [1.29, 1.82) is 0 Å². The van der Waals surface area contributed by atoms with Crippen molar-refractivity contribution in [3.8, 4) is 0 Å². The molecule has 0 aromatic carbocycles. The first-order chi connectivity index (χ1) is 8.87. The summed E-state index contributed by atoms with van der Waals surface area (Å²) in [6.07, 6.45) is -0.0598. The zero-order valence-corrected chi connectivity index (χ0v) is 11.7. The van der Waals surface area contributed by atoms with Crippen molar-refractivity contribution in [3.05, 3.63) is 0 Å². The molecule has 19 heavy (non-hydrogen) atoms. The Balaban J connectivity index is 1.98. The van der Waals surface area contributed by atoms with E-state index < -0.39 is 12.1 Å². The molecule has 2 rings (SSSR count). The van der Waals surface area contributed by atoms with Crippen LogP contribution in [0.25, 0.3) is 0 Å². The molecular formula is C14H25F3N2. The van der Waals surface area contributed by atoms with Gasteiger partial charge in [-0.25, -0.2) is 0 Å². The number of halogens is 3. The molecule has 0 spiro atoms. The van der Waals surface area contributed by atoms with E-state index in [1.165, 1.54) is 0 Å². The highest BCUT2D eigenvalue weighted by atomic mass is 19.4. The summed E-state index contributed by atoms with van der Waals surface area (Å²) in [5.41, 5.74) is 5.77. The number of hydrogen-bond donors (Lipinski definition) is 1. The number of nitrogens with two attached hydrogens (primary N) is 1. The van der Waals surface area contributed by atoms with Crippen molar-refractivity contribution in [2.45, 2.75) is 57.2 Å². The molecule has 0 atom stereocenters. The lowest BCUT2D eigenvalue weighted by atomic mass is 9.74. The lowest BCUT2D eigenvalue weighted by molar-refractivity contribution is -0.188. The maximum atomic E-state index is 12.7. The highest BCUT2D eigenvalue weighted by Gasteiger charge is 2.47. The van der Waals surface area contributed by atoms with Crippen LogP contribution in [0.2, 0.25) is 0 Å². The van der Waals surface area contributed by atoms with E-state index in [2.05, 4.69) is 11.8 Å². The maximum Gasteiger partial charge on any atom is 0.391 e. The van der Waals surface area contributed by atoms with Gasteiger partial charge in [-0.2, -0.15) is 13.2 Å². The van der Waals surface area contributed by atoms with E-state index in [4.69, 9.17) is 5.73 Å². The second-order valence-electron chi connectivity index (χ2n) is 6.41. The molecule has 0 bridgehead atoms. The third kappa shape index (κ3) is 3.24. The Morgan fingerprint density at radius 2 is 1.63 bits per heavy atom. The Kier molecular flexibility index (Phi) is 4.45. The molecule has 2 fully saturated rings. The van der Waals surface area contributed by atoms with Gasteiger partial charge in [0.05, 0.1) is 5.92 Å². The van der Waals surface area contributed by atoms with Crippen LogP contribution in [0.1, 0.15) is 45.4 Å². The standard InChI is InChI=1S/C14H25F3N2/c1-11-4-8-19(9-5-11)13(10-18)6-2-12(3-7-13)14(15,16)17/h11-12H,2-10,18H2,1H3. The van der Waals surface area contributed by atoms with E-state index >= 15 is 0 Å². The molecule has 2 nitrogen and oxygen atoms in total. The third-order valence-corrected chi connectivity index (χ3v) is 5.21. The lowest BCUT2D eigenvalue weighted by Gasteiger charge is -2.50. The second-order valence-corrected chi connectivity index (χ2v) is 6.41. The number of piperidine rings is 1. The van der Waals surface area contributed by atoms with Crippen LogP contribution in [0.4, 0.5) is 13.2 Å². The molecule has 5 heteroatoms. The van der Waals surface area contributed by atoms with Gasteiger partial charge in [0, 0.05) is 12.1 Å². The fourth-order valence-corrected chi connectivity index (χ4v) is 3.61. The van der Waals surface area contributed by atoms with E-state index in [0.717, 1.165) is 31.8 Å². The molecule has 0 unspecified atom stereocenters. The largest absolute Gasteiger partial charge is 0.391 e. The van der Waals surface area contributed by atoms with Gasteiger partial charge in [-0.3, -0.25) is 4.90 Å². The minimum absolute atomic E-state index is 0.165. The summed E-state index contributed by atoms with van der Waals surface area (Å²) in [5, 5.41) is 0. The van der Waals surface area contributed by atoms with Crippen LogP contribution in [0.3, 0.4) is 0 Å². The Labute approximate surface area is 113 Å². The predicted octanol–water partition coefficient (Wildman–Crippen LogP) is 3.17. The van der Waals surface area contributed by atoms with E-state index in [9.17, 15) is 13.2 Å². The van der Waals surface area contributed by atoms with E-state index in [0.29, 0.717) is 19.4 Å². The normalized spacial score (nSPS) is 35.5. The molecule has 0 aromatic heterocycles. The van der Waals surface area contributed by atoms with Crippen LogP contribution < -0.4 is 5.73 Å². The third-order valence-electron chi connectivity index (χ3n) is 5.21. The molecule has 0 aromatic rings. The number of likely N-dealkylation sites (tertiary alicyclic amines) is 1. The van der Waals surface area contributed by atoms with Crippen molar-refractivity contribution in [1.82, 2.24) is 4.90 Å². The molecule has 1 heterocycles. The minimum Gasteiger partial charge on any atom is -0.329 e. The number of rotatable bonds is 2. The summed E-state index contributed by atoms with van der Waals surface area (Å²) < 4.78 is 38.2. The molecule has 112 valence electrons. The van der Waals surface area contributed by atoms with Gasteiger partial charge in [-0.05, 0) is 57.5 Å². The zero-order valence-electron chi connectivity index (χ0n) is 11.7. The maximum absolute atomic E-state index is 12.7. The lowest BCUT2D eigenvalue weighted by Crippen LogP contribution is -2.58. The topological polar surface area (TPSA) is 29.3 Å². The molecule has 1 saturated heterocycles. The Hall–Kier alpha value is -0.290. The SMILES string of the molecule is CC1CCN(C2(CN)CCC(C(F)(F)F)CC2)CC1. The molecule has 0 radical (unpaired) electrons. The summed E-state index contributed by atoms with van der Waals surface area (Å²) in [6, 6.07) is 0. The van der Waals surface area contributed by atoms with Crippen LogP contribution >= 0.6 is 0 Å². The van der Waals surface area contributed by atoms with Gasteiger partial charge in [-0.1, -0.05) is 6.92 Å². The van der Waals surface area contributed by atoms with Crippen molar-refractivity contribution in [2.24, 2.45) is 17.6 Å². The highest BCUT2D eigenvalue weighted by molar-refractivity contribution is 4.98. The number of alkyl halides is 3. The van der Waals surface area contributed by atoms with Crippen LogP contribution in [0.15, 0.2) is 0 Å². The van der Waals surface area contributed by atoms with E-state index in [-0.39, 0.29) is 18.4 Å². The van der Waals surface area contributed by atoms with Gasteiger partial charge in [-0.15, -0.1) is 0 Å². The highest BCUT2D eigenvalue weighted by Crippen LogP contribution is 2.43. The molecule has 1 aliphatic carbocycles. The zero-order chi connectivity index (χ0) is 14.1. The number of nitrogens with zero attached hydrogens (tertiary/aromatic N) is 1. The number of hydrogen-bond acceptors (Lipinski definition) is 2. The summed E-state index contributed by atoms with van der Waals surface area (Å²) >= 11 is 0. The fraction of sp³-hybridized carbons (Fsp3) is 1.00. The van der Waals surface area contributed by atoms with Crippen molar-refractivity contribution >= 4 is 0 Å². The molecule has 1 aliphatic heterocycles. The van der Waals surface area contributed by atoms with Crippen LogP contribution in [0.5, 0.6) is 0 Å². The molecule has 2 N–H and O–H groups in total. The van der Waals surface area contributed by atoms with Crippen molar-refractivity contribution in [2.75, 3.05) is 19.6 Å². The summed E-state index contributed by atoms with van der Waals surface area (Å²) in [7, 11) is 0. The Bertz CT molecular complexity index is 288. The van der Waals surface area contributed by atoms with Crippen LogP contribution in [0, 0.1) is 11.8 Å². The van der Waals surface area contributed by atoms with Gasteiger partial charge >= 0.3 is 6.18 Å². The van der Waals surface area contributed by atoms with Gasteiger partial charge in [0.2, 0.25) is 0 Å². The molecular weight excluding hydrogens is 253 g/mol. The summed E-state index contributed by atoms with van der Waals surface area (Å²) in [6.45, 7) is 4.73. The average molecular weight is 278 g/mol. The Morgan fingerprint density at radius 1 is 1.11 bits per heavy atom. The molecule has 1 saturated carbocycles. The van der Waals surface area contributed by atoms with Crippen molar-refractivity contribution < 1.29 is 13.2 Å². The fourth-order valence-electron chi connectivity index (χ4n) is 3.61. The Morgan fingerprint density at radius 3 is 2.05 bits per heavy atom. The van der Waals surface area contributed by atoms with E-state index in [1.807, 2.05) is 0 Å². The summed E-state index contributed by atoms with van der Waals surface area (Å²) in [4.78, 5) is 2.37.